The van der Waals surface area contributed by atoms with Crippen molar-refractivity contribution in [1.29, 1.82) is 0 Å². The van der Waals surface area contributed by atoms with Gasteiger partial charge in [0.1, 0.15) is 0 Å². The summed E-state index contributed by atoms with van der Waals surface area (Å²) in [6.07, 6.45) is -0.915. The lowest BCUT2D eigenvalue weighted by atomic mass is 10.0. The summed E-state index contributed by atoms with van der Waals surface area (Å²) in [5.41, 5.74) is 0.550. The van der Waals surface area contributed by atoms with Gasteiger partial charge in [-0.2, -0.15) is 0 Å². The number of carbonyl (C=O) groups excluding carboxylic acids is 1. The molecule has 0 saturated carbocycles. The minimum atomic E-state index is -0.920. The number of halogens is 2. The number of hydrogen-bond acceptors (Lipinski definition) is 3. The van der Waals surface area contributed by atoms with Crippen LogP contribution in [0, 0.1) is 0 Å². The maximum atomic E-state index is 12.4. The smallest absolute Gasteiger partial charge is 0.226 e. The molecular formula is C15H19Cl2NO3. The van der Waals surface area contributed by atoms with Crippen LogP contribution in [0.2, 0.25) is 10.0 Å². The van der Waals surface area contributed by atoms with Crippen molar-refractivity contribution in [2.45, 2.75) is 38.5 Å². The van der Waals surface area contributed by atoms with Crippen LogP contribution in [0.1, 0.15) is 31.9 Å². The molecule has 116 valence electrons. The molecule has 3 atom stereocenters. The zero-order valence-electron chi connectivity index (χ0n) is 12.1. The average Bonchev–Trinajstić information content (AvgIpc) is 2.37. The molecule has 1 aliphatic heterocycles. The van der Waals surface area contributed by atoms with Crippen LogP contribution in [0.15, 0.2) is 18.2 Å². The minimum absolute atomic E-state index is 0.00531. The number of nitrogens with zero attached hydrogens (tertiary/aromatic N) is 1. The second-order valence-corrected chi connectivity index (χ2v) is 6.33. The second-order valence-electron chi connectivity index (χ2n) is 5.46. The number of benzene rings is 1. The summed E-state index contributed by atoms with van der Waals surface area (Å²) in [5, 5.41) is 11.1. The molecule has 3 unspecified atom stereocenters. The first-order chi connectivity index (χ1) is 9.88. The first-order valence-corrected chi connectivity index (χ1v) is 7.67. The Bertz CT molecular complexity index is 493. The highest BCUT2D eigenvalue weighted by molar-refractivity contribution is 6.34. The van der Waals surface area contributed by atoms with Gasteiger partial charge in [-0.3, -0.25) is 4.79 Å². The second kappa shape index (κ2) is 6.97. The van der Waals surface area contributed by atoms with Crippen molar-refractivity contribution in [2.24, 2.45) is 0 Å². The summed E-state index contributed by atoms with van der Waals surface area (Å²) >= 11 is 11.8. The van der Waals surface area contributed by atoms with Crippen LogP contribution in [0.4, 0.5) is 0 Å². The van der Waals surface area contributed by atoms with Gasteiger partial charge in [0.15, 0.2) is 0 Å². The molecule has 0 aromatic heterocycles. The molecule has 1 saturated heterocycles. The van der Waals surface area contributed by atoms with E-state index in [0.717, 1.165) is 0 Å². The van der Waals surface area contributed by atoms with Crippen LogP contribution in [0.3, 0.4) is 0 Å². The Morgan fingerprint density at radius 2 is 1.81 bits per heavy atom. The van der Waals surface area contributed by atoms with Gasteiger partial charge in [-0.1, -0.05) is 23.2 Å². The molecule has 4 nitrogen and oxygen atoms in total. The molecule has 0 bridgehead atoms. The van der Waals surface area contributed by atoms with Gasteiger partial charge in [-0.25, -0.2) is 0 Å². The van der Waals surface area contributed by atoms with Crippen molar-refractivity contribution in [3.63, 3.8) is 0 Å². The Labute approximate surface area is 134 Å². The molecule has 1 N–H and O–H groups in total. The van der Waals surface area contributed by atoms with Crippen LogP contribution in [-0.2, 0) is 9.53 Å². The minimum Gasteiger partial charge on any atom is -0.388 e. The molecule has 21 heavy (non-hydrogen) atoms. The average molecular weight is 332 g/mol. The third-order valence-corrected chi connectivity index (χ3v) is 4.03. The zero-order valence-corrected chi connectivity index (χ0v) is 13.6. The van der Waals surface area contributed by atoms with Gasteiger partial charge in [0.2, 0.25) is 5.91 Å². The highest BCUT2D eigenvalue weighted by Crippen LogP contribution is 2.26. The number of aliphatic hydroxyl groups is 1. The molecule has 1 amide bonds. The van der Waals surface area contributed by atoms with E-state index >= 15 is 0 Å². The number of aliphatic hydroxyl groups excluding tert-OH is 1. The molecule has 1 heterocycles. The maximum absolute atomic E-state index is 12.4. The molecule has 1 aliphatic rings. The lowest BCUT2D eigenvalue weighted by molar-refractivity contribution is -0.146. The quantitative estimate of drug-likeness (QED) is 0.926. The largest absolute Gasteiger partial charge is 0.388 e. The van der Waals surface area contributed by atoms with E-state index < -0.39 is 6.10 Å². The summed E-state index contributed by atoms with van der Waals surface area (Å²) in [6, 6.07) is 4.86. The number of hydrogen-bond donors (Lipinski definition) is 1. The zero-order chi connectivity index (χ0) is 15.6. The van der Waals surface area contributed by atoms with Gasteiger partial charge < -0.3 is 14.7 Å². The van der Waals surface area contributed by atoms with E-state index in [1.807, 2.05) is 13.8 Å². The SMILES string of the molecule is CC1COCC(C)N1C(=O)CC(O)c1cc(Cl)cc(Cl)c1. The number of ether oxygens (including phenoxy) is 1. The number of carbonyl (C=O) groups is 1. The summed E-state index contributed by atoms with van der Waals surface area (Å²) in [7, 11) is 0. The Kier molecular flexibility index (Phi) is 5.49. The summed E-state index contributed by atoms with van der Waals surface area (Å²) < 4.78 is 5.40. The fraction of sp³-hybridized carbons (Fsp3) is 0.533. The molecule has 1 fully saturated rings. The summed E-state index contributed by atoms with van der Waals surface area (Å²) in [6.45, 7) is 4.93. The van der Waals surface area contributed by atoms with E-state index in [9.17, 15) is 9.90 Å². The van der Waals surface area contributed by atoms with Crippen LogP contribution >= 0.6 is 23.2 Å². The van der Waals surface area contributed by atoms with Gasteiger partial charge in [0.05, 0.1) is 37.8 Å². The Hall–Kier alpha value is -0.810. The van der Waals surface area contributed by atoms with Gasteiger partial charge in [-0.05, 0) is 37.6 Å². The monoisotopic (exact) mass is 331 g/mol. The summed E-state index contributed by atoms with van der Waals surface area (Å²) in [4.78, 5) is 14.2. The van der Waals surface area contributed by atoms with Gasteiger partial charge >= 0.3 is 0 Å². The first-order valence-electron chi connectivity index (χ1n) is 6.91. The van der Waals surface area contributed by atoms with Gasteiger partial charge in [0.25, 0.3) is 0 Å². The fourth-order valence-corrected chi connectivity index (χ4v) is 3.19. The molecular weight excluding hydrogens is 313 g/mol. The third-order valence-electron chi connectivity index (χ3n) is 3.59. The first kappa shape index (κ1) is 16.6. The Morgan fingerprint density at radius 3 is 2.33 bits per heavy atom. The predicted octanol–water partition coefficient (Wildman–Crippen LogP) is 3.05. The third kappa shape index (κ3) is 4.10. The van der Waals surface area contributed by atoms with Crippen molar-refractivity contribution >= 4 is 29.1 Å². The van der Waals surface area contributed by atoms with E-state index in [-0.39, 0.29) is 24.4 Å². The van der Waals surface area contributed by atoms with E-state index in [2.05, 4.69) is 0 Å². The number of morpholine rings is 1. The molecule has 2 rings (SSSR count). The molecule has 1 aromatic rings. The highest BCUT2D eigenvalue weighted by atomic mass is 35.5. The lowest BCUT2D eigenvalue weighted by Crippen LogP contribution is -2.52. The predicted molar refractivity (Wildman–Crippen MR) is 82.6 cm³/mol. The van der Waals surface area contributed by atoms with Crippen molar-refractivity contribution in [3.05, 3.63) is 33.8 Å². The number of rotatable bonds is 3. The molecule has 0 radical (unpaired) electrons. The molecule has 0 aliphatic carbocycles. The van der Waals surface area contributed by atoms with E-state index in [0.29, 0.717) is 28.8 Å². The van der Waals surface area contributed by atoms with Crippen LogP contribution in [-0.4, -0.2) is 41.2 Å². The van der Waals surface area contributed by atoms with Gasteiger partial charge in [-0.15, -0.1) is 0 Å². The van der Waals surface area contributed by atoms with Crippen LogP contribution in [0.5, 0.6) is 0 Å². The molecule has 6 heteroatoms. The van der Waals surface area contributed by atoms with E-state index in [1.165, 1.54) is 0 Å². The van der Waals surface area contributed by atoms with Crippen molar-refractivity contribution in [3.8, 4) is 0 Å². The molecule has 0 spiro atoms. The van der Waals surface area contributed by atoms with Crippen molar-refractivity contribution in [2.75, 3.05) is 13.2 Å². The van der Waals surface area contributed by atoms with Crippen molar-refractivity contribution < 1.29 is 14.6 Å². The summed E-state index contributed by atoms with van der Waals surface area (Å²) in [5.74, 6) is -0.0955. The number of amides is 1. The normalized spacial score (nSPS) is 24.0. The molecule has 1 aromatic carbocycles. The standard InChI is InChI=1S/C15H19Cl2NO3/c1-9-7-21-8-10(2)18(9)15(20)6-14(19)11-3-12(16)5-13(17)4-11/h3-5,9-10,14,19H,6-8H2,1-2H3. The van der Waals surface area contributed by atoms with Gasteiger partial charge in [0, 0.05) is 10.0 Å². The maximum Gasteiger partial charge on any atom is 0.226 e. The lowest BCUT2D eigenvalue weighted by Gasteiger charge is -2.39. The Morgan fingerprint density at radius 1 is 1.29 bits per heavy atom. The van der Waals surface area contributed by atoms with E-state index in [1.54, 1.807) is 23.1 Å². The van der Waals surface area contributed by atoms with Crippen LogP contribution in [0.25, 0.3) is 0 Å². The highest BCUT2D eigenvalue weighted by Gasteiger charge is 2.30. The van der Waals surface area contributed by atoms with Crippen LogP contribution < -0.4 is 0 Å². The van der Waals surface area contributed by atoms with Crippen molar-refractivity contribution in [1.82, 2.24) is 4.90 Å². The topological polar surface area (TPSA) is 49.8 Å². The Balaban J connectivity index is 2.07. The van der Waals surface area contributed by atoms with E-state index in [4.69, 9.17) is 27.9 Å². The fourth-order valence-electron chi connectivity index (χ4n) is 2.65.